The first-order valence-corrected chi connectivity index (χ1v) is 22.7. The summed E-state index contributed by atoms with van der Waals surface area (Å²) in [6.07, 6.45) is 0. The fourth-order valence-electron chi connectivity index (χ4n) is 10.7. The minimum atomic E-state index is -0.158. The van der Waals surface area contributed by atoms with Crippen molar-refractivity contribution in [3.8, 4) is 67.7 Å². The minimum absolute atomic E-state index is 0.158. The van der Waals surface area contributed by atoms with Crippen molar-refractivity contribution in [1.29, 1.82) is 0 Å². The fraction of sp³-hybridized carbons (Fsp3) is 0.0492. The molecule has 0 amide bonds. The number of nitrogens with zero attached hydrogens (tertiary/aromatic N) is 4. The maximum atomic E-state index is 6.76. The molecule has 9 aromatic carbocycles. The van der Waals surface area contributed by atoms with Crippen LogP contribution in [0.4, 0.5) is 0 Å². The van der Waals surface area contributed by atoms with Crippen molar-refractivity contribution in [2.24, 2.45) is 0 Å². The van der Waals surface area contributed by atoms with Crippen LogP contribution in [-0.4, -0.2) is 19.9 Å². The standard InChI is InChI=1S/C61H38N4O2/c1-61(2)47-23-10-6-17-39(47)40-32-31-38(33-48(40)61)60-64-58(36-15-4-3-5-16-36)63-59(65-60)37-29-27-35(28-30-37)56-46-34-52-54(44-20-9-13-26-51(44)66-52)55(53(46)43-19-7-11-24-49(43)62-56)45-22-14-21-42-41-18-8-12-25-50(41)67-57(42)45/h3-34H,1-2H3. The van der Waals surface area contributed by atoms with Crippen LogP contribution < -0.4 is 0 Å². The Kier molecular flexibility index (Phi) is 7.93. The molecule has 0 radical (unpaired) electrons. The molecule has 0 N–H and O–H groups in total. The van der Waals surface area contributed by atoms with E-state index in [2.05, 4.69) is 153 Å². The molecule has 0 saturated carbocycles. The molecular formula is C61H38N4O2. The second-order valence-corrected chi connectivity index (χ2v) is 18.1. The van der Waals surface area contributed by atoms with Crippen molar-refractivity contribution >= 4 is 65.6 Å². The molecule has 13 aromatic rings. The van der Waals surface area contributed by atoms with Crippen LogP contribution in [0.15, 0.2) is 203 Å². The zero-order valence-electron chi connectivity index (χ0n) is 36.6. The minimum Gasteiger partial charge on any atom is -0.456 e. The van der Waals surface area contributed by atoms with Crippen LogP contribution >= 0.6 is 0 Å². The van der Waals surface area contributed by atoms with Gasteiger partial charge in [-0.05, 0) is 52.6 Å². The highest BCUT2D eigenvalue weighted by atomic mass is 16.3. The molecule has 6 heteroatoms. The Hall–Kier alpha value is -8.74. The van der Waals surface area contributed by atoms with Gasteiger partial charge in [-0.2, -0.15) is 0 Å². The Labute approximate surface area is 384 Å². The second-order valence-electron chi connectivity index (χ2n) is 18.1. The van der Waals surface area contributed by atoms with Crippen molar-refractivity contribution in [3.63, 3.8) is 0 Å². The molecule has 314 valence electrons. The van der Waals surface area contributed by atoms with Gasteiger partial charge in [0.15, 0.2) is 17.5 Å². The summed E-state index contributed by atoms with van der Waals surface area (Å²) in [6.45, 7) is 4.60. The first-order chi connectivity index (χ1) is 33.0. The first kappa shape index (κ1) is 37.6. The van der Waals surface area contributed by atoms with Crippen LogP contribution in [0.1, 0.15) is 25.0 Å². The Bertz CT molecular complexity index is 4180. The number of fused-ring (bicyclic) bond motifs is 12. The Morgan fingerprint density at radius 1 is 0.358 bits per heavy atom. The van der Waals surface area contributed by atoms with E-state index in [4.69, 9.17) is 28.8 Å². The first-order valence-electron chi connectivity index (χ1n) is 22.7. The summed E-state index contributed by atoms with van der Waals surface area (Å²) in [5.74, 6) is 1.85. The van der Waals surface area contributed by atoms with Crippen LogP contribution in [0, 0.1) is 0 Å². The summed E-state index contributed by atoms with van der Waals surface area (Å²) in [5, 5.41) is 7.38. The number of benzene rings is 9. The average Bonchev–Trinajstić information content (AvgIpc) is 4.03. The topological polar surface area (TPSA) is 77.8 Å². The highest BCUT2D eigenvalue weighted by molar-refractivity contribution is 6.29. The lowest BCUT2D eigenvalue weighted by molar-refractivity contribution is 0.660. The predicted octanol–water partition coefficient (Wildman–Crippen LogP) is 16.0. The Balaban J connectivity index is 0.967. The van der Waals surface area contributed by atoms with Gasteiger partial charge < -0.3 is 8.83 Å². The van der Waals surface area contributed by atoms with Gasteiger partial charge in [0, 0.05) is 76.5 Å². The summed E-state index contributed by atoms with van der Waals surface area (Å²) in [6, 6.07) is 67.6. The lowest BCUT2D eigenvalue weighted by Gasteiger charge is -2.21. The van der Waals surface area contributed by atoms with Crippen molar-refractivity contribution in [3.05, 3.63) is 205 Å². The van der Waals surface area contributed by atoms with E-state index >= 15 is 0 Å². The zero-order valence-corrected chi connectivity index (χ0v) is 36.6. The SMILES string of the molecule is CC1(C)c2ccccc2-c2ccc(-c3nc(-c4ccccc4)nc(-c4ccc(-c5nc6ccccc6c6c(-c7cccc8c7oc7ccccc78)c7c(cc56)oc5ccccc57)cc4)n3)cc21. The molecule has 67 heavy (non-hydrogen) atoms. The quantitative estimate of drug-likeness (QED) is 0.160. The number of furan rings is 2. The van der Waals surface area contributed by atoms with Gasteiger partial charge in [0.25, 0.3) is 0 Å². The molecule has 4 heterocycles. The van der Waals surface area contributed by atoms with Gasteiger partial charge in [-0.3, -0.25) is 0 Å². The number of rotatable bonds is 5. The van der Waals surface area contributed by atoms with Crippen LogP contribution in [0.2, 0.25) is 0 Å². The normalized spacial score (nSPS) is 13.0. The number of pyridine rings is 1. The van der Waals surface area contributed by atoms with E-state index in [9.17, 15) is 0 Å². The van der Waals surface area contributed by atoms with Crippen molar-refractivity contribution in [1.82, 2.24) is 19.9 Å². The molecule has 1 aliphatic rings. The number of hydrogen-bond acceptors (Lipinski definition) is 6. The van der Waals surface area contributed by atoms with Crippen LogP contribution in [0.5, 0.6) is 0 Å². The predicted molar refractivity (Wildman–Crippen MR) is 272 cm³/mol. The van der Waals surface area contributed by atoms with Crippen molar-refractivity contribution in [2.75, 3.05) is 0 Å². The lowest BCUT2D eigenvalue weighted by atomic mass is 9.82. The second kappa shape index (κ2) is 14.1. The largest absolute Gasteiger partial charge is 0.456 e. The van der Waals surface area contributed by atoms with Gasteiger partial charge in [0.05, 0.1) is 11.2 Å². The van der Waals surface area contributed by atoms with Crippen LogP contribution in [-0.2, 0) is 5.41 Å². The summed E-state index contributed by atoms with van der Waals surface area (Å²) >= 11 is 0. The molecule has 0 fully saturated rings. The summed E-state index contributed by atoms with van der Waals surface area (Å²) in [5.41, 5.74) is 15.8. The molecule has 1 aliphatic carbocycles. The monoisotopic (exact) mass is 858 g/mol. The van der Waals surface area contributed by atoms with Gasteiger partial charge >= 0.3 is 0 Å². The molecule has 0 unspecified atom stereocenters. The third kappa shape index (κ3) is 5.63. The molecule has 14 rings (SSSR count). The molecule has 0 saturated heterocycles. The van der Waals surface area contributed by atoms with Gasteiger partial charge in [-0.25, -0.2) is 19.9 Å². The fourth-order valence-corrected chi connectivity index (χ4v) is 10.7. The van der Waals surface area contributed by atoms with Gasteiger partial charge in [0.1, 0.15) is 22.3 Å². The summed E-state index contributed by atoms with van der Waals surface area (Å²) < 4.78 is 13.5. The third-order valence-electron chi connectivity index (χ3n) is 13.9. The van der Waals surface area contributed by atoms with Gasteiger partial charge in [-0.15, -0.1) is 0 Å². The van der Waals surface area contributed by atoms with Crippen LogP contribution in [0.25, 0.3) is 133 Å². The zero-order chi connectivity index (χ0) is 44.4. The van der Waals surface area contributed by atoms with Gasteiger partial charge in [-0.1, -0.05) is 178 Å². The maximum absolute atomic E-state index is 6.76. The van der Waals surface area contributed by atoms with E-state index in [1.165, 1.54) is 22.3 Å². The molecule has 6 nitrogen and oxygen atoms in total. The van der Waals surface area contributed by atoms with Crippen molar-refractivity contribution in [2.45, 2.75) is 19.3 Å². The molecule has 0 aliphatic heterocycles. The molecule has 4 aromatic heterocycles. The number of para-hydroxylation sites is 4. The number of aromatic nitrogens is 4. The van der Waals surface area contributed by atoms with E-state index in [1.807, 2.05) is 54.6 Å². The van der Waals surface area contributed by atoms with E-state index in [1.54, 1.807) is 0 Å². The Morgan fingerprint density at radius 2 is 0.940 bits per heavy atom. The third-order valence-corrected chi connectivity index (χ3v) is 13.9. The van der Waals surface area contributed by atoms with Gasteiger partial charge in [0.2, 0.25) is 0 Å². The van der Waals surface area contributed by atoms with E-state index in [0.717, 1.165) is 105 Å². The smallest absolute Gasteiger partial charge is 0.164 e. The summed E-state index contributed by atoms with van der Waals surface area (Å²) in [7, 11) is 0. The van der Waals surface area contributed by atoms with E-state index < -0.39 is 0 Å². The summed E-state index contributed by atoms with van der Waals surface area (Å²) in [4.78, 5) is 20.8. The molecule has 0 atom stereocenters. The number of hydrogen-bond donors (Lipinski definition) is 0. The van der Waals surface area contributed by atoms with E-state index in [0.29, 0.717) is 17.5 Å². The molecule has 0 spiro atoms. The maximum Gasteiger partial charge on any atom is 0.164 e. The average molecular weight is 859 g/mol. The lowest BCUT2D eigenvalue weighted by Crippen LogP contribution is -2.15. The van der Waals surface area contributed by atoms with Crippen molar-refractivity contribution < 1.29 is 8.83 Å². The highest BCUT2D eigenvalue weighted by Gasteiger charge is 2.35. The molecular weight excluding hydrogens is 821 g/mol. The molecule has 0 bridgehead atoms. The van der Waals surface area contributed by atoms with Crippen LogP contribution in [0.3, 0.4) is 0 Å². The Morgan fingerprint density at radius 3 is 1.75 bits per heavy atom. The van der Waals surface area contributed by atoms with E-state index in [-0.39, 0.29) is 5.41 Å². The highest BCUT2D eigenvalue weighted by Crippen LogP contribution is 2.51.